The van der Waals surface area contributed by atoms with Crippen LogP contribution in [0.15, 0.2) is 24.7 Å². The molecule has 9 nitrogen and oxygen atoms in total. The Hall–Kier alpha value is -3.40. The number of H-pyrrole nitrogens is 1. The van der Waals surface area contributed by atoms with Gasteiger partial charge in [-0.25, -0.2) is 19.3 Å². The molecule has 32 heavy (non-hydrogen) atoms. The van der Waals surface area contributed by atoms with Crippen LogP contribution in [-0.2, 0) is 9.53 Å². The van der Waals surface area contributed by atoms with Gasteiger partial charge in [-0.05, 0) is 50.3 Å². The van der Waals surface area contributed by atoms with Crippen LogP contribution in [0.5, 0.6) is 0 Å². The summed E-state index contributed by atoms with van der Waals surface area (Å²) in [5.41, 5.74) is 2.24. The molecular weight excluding hydrogens is 413 g/mol. The number of benzene rings is 1. The van der Waals surface area contributed by atoms with Gasteiger partial charge < -0.3 is 10.1 Å². The average molecular weight is 437 g/mol. The lowest BCUT2D eigenvalue weighted by atomic mass is 9.91. The van der Waals surface area contributed by atoms with Gasteiger partial charge in [0.15, 0.2) is 17.5 Å². The summed E-state index contributed by atoms with van der Waals surface area (Å²) in [5, 5.41) is 9.61. The molecule has 166 valence electrons. The third kappa shape index (κ3) is 3.60. The van der Waals surface area contributed by atoms with Crippen LogP contribution in [0, 0.1) is 12.7 Å². The van der Waals surface area contributed by atoms with E-state index in [1.54, 1.807) is 24.3 Å². The highest BCUT2D eigenvalue weighted by Crippen LogP contribution is 2.36. The molecule has 2 aliphatic rings. The van der Waals surface area contributed by atoms with Crippen molar-refractivity contribution in [1.82, 2.24) is 25.1 Å². The smallest absolute Gasteiger partial charge is 0.247 e. The predicted octanol–water partition coefficient (Wildman–Crippen LogP) is 3.09. The molecule has 3 aromatic rings. The molecule has 3 heterocycles. The lowest BCUT2D eigenvalue weighted by molar-refractivity contribution is -0.118. The van der Waals surface area contributed by atoms with Crippen molar-refractivity contribution in [2.24, 2.45) is 0 Å². The lowest BCUT2D eigenvalue weighted by Gasteiger charge is -2.38. The number of aromatic nitrogens is 5. The number of aryl methyl sites for hydroxylation is 1. The quantitative estimate of drug-likeness (QED) is 0.646. The van der Waals surface area contributed by atoms with Gasteiger partial charge in [0, 0.05) is 18.7 Å². The van der Waals surface area contributed by atoms with Gasteiger partial charge in [0.25, 0.3) is 0 Å². The van der Waals surface area contributed by atoms with Crippen molar-refractivity contribution in [3.05, 3.63) is 36.0 Å². The first-order valence-electron chi connectivity index (χ1n) is 10.7. The summed E-state index contributed by atoms with van der Waals surface area (Å²) in [6.07, 6.45) is 6.72. The summed E-state index contributed by atoms with van der Waals surface area (Å²) >= 11 is 0. The summed E-state index contributed by atoms with van der Waals surface area (Å²) in [5.74, 6) is 0.873. The Bertz CT molecular complexity index is 1140. The van der Waals surface area contributed by atoms with Crippen LogP contribution in [-0.4, -0.2) is 56.9 Å². The molecule has 1 aliphatic heterocycles. The van der Waals surface area contributed by atoms with E-state index >= 15 is 0 Å². The third-order valence-electron chi connectivity index (χ3n) is 6.25. The largest absolute Gasteiger partial charge is 0.381 e. The fraction of sp³-hybridized carbons (Fsp3) is 0.409. The normalized spacial score (nSPS) is 20.7. The van der Waals surface area contributed by atoms with Crippen molar-refractivity contribution in [3.63, 3.8) is 0 Å². The molecule has 0 spiro atoms. The molecule has 1 saturated carbocycles. The van der Waals surface area contributed by atoms with Gasteiger partial charge in [0.2, 0.25) is 5.91 Å². The Kier molecular flexibility index (Phi) is 5.30. The molecule has 0 atom stereocenters. The molecule has 0 radical (unpaired) electrons. The first kappa shape index (κ1) is 20.5. The van der Waals surface area contributed by atoms with Gasteiger partial charge >= 0.3 is 0 Å². The SMILES string of the molecule is CO[C@H]1CC[C@H](N2C(=O)CNc3ncc(-c4cc(F)c(-c5nc[nH]n5)cc4C)nc32)CC1. The second kappa shape index (κ2) is 8.27. The van der Waals surface area contributed by atoms with E-state index in [-0.39, 0.29) is 24.6 Å². The van der Waals surface area contributed by atoms with Crippen LogP contribution in [0.25, 0.3) is 22.6 Å². The molecule has 2 aromatic heterocycles. The maximum absolute atomic E-state index is 14.9. The van der Waals surface area contributed by atoms with Gasteiger partial charge in [-0.2, -0.15) is 5.10 Å². The number of nitrogens with zero attached hydrogens (tertiary/aromatic N) is 5. The standard InChI is InChI=1S/C22H24FN7O2/c1-12-7-16(20-26-11-27-29-20)17(23)8-15(12)18-9-24-21-22(28-18)30(19(31)10-25-21)13-3-5-14(32-2)6-4-13/h7-9,11,13-14H,3-6,10H2,1-2H3,(H,24,25)(H,26,27,29)/t13-,14-. The maximum Gasteiger partial charge on any atom is 0.247 e. The van der Waals surface area contributed by atoms with Crippen molar-refractivity contribution in [2.75, 3.05) is 23.9 Å². The number of hydrogen-bond donors (Lipinski definition) is 2. The number of amides is 1. The molecular formula is C22H24FN7O2. The molecule has 5 rings (SSSR count). The number of rotatable bonds is 4. The average Bonchev–Trinajstić information content (AvgIpc) is 3.35. The highest BCUT2D eigenvalue weighted by atomic mass is 19.1. The number of anilines is 2. The summed E-state index contributed by atoms with van der Waals surface area (Å²) < 4.78 is 20.4. The zero-order valence-corrected chi connectivity index (χ0v) is 17.9. The third-order valence-corrected chi connectivity index (χ3v) is 6.25. The van der Waals surface area contributed by atoms with Crippen LogP contribution in [0.1, 0.15) is 31.2 Å². The first-order chi connectivity index (χ1) is 15.5. The molecule has 0 saturated heterocycles. The van der Waals surface area contributed by atoms with Crippen molar-refractivity contribution < 1.29 is 13.9 Å². The van der Waals surface area contributed by atoms with Crippen molar-refractivity contribution >= 4 is 17.5 Å². The summed E-state index contributed by atoms with van der Waals surface area (Å²) in [4.78, 5) is 27.9. The Labute approximate surface area is 184 Å². The number of fused-ring (bicyclic) bond motifs is 1. The van der Waals surface area contributed by atoms with E-state index in [0.717, 1.165) is 31.2 Å². The van der Waals surface area contributed by atoms with E-state index in [1.807, 2.05) is 6.92 Å². The van der Waals surface area contributed by atoms with Crippen LogP contribution < -0.4 is 10.2 Å². The molecule has 10 heteroatoms. The van der Waals surface area contributed by atoms with Gasteiger partial charge in [0.05, 0.1) is 30.1 Å². The molecule has 0 unspecified atom stereocenters. The highest BCUT2D eigenvalue weighted by molar-refractivity contribution is 6.01. The van der Waals surface area contributed by atoms with E-state index in [9.17, 15) is 9.18 Å². The van der Waals surface area contributed by atoms with E-state index in [0.29, 0.717) is 34.3 Å². The Balaban J connectivity index is 1.51. The Morgan fingerprint density at radius 2 is 1.97 bits per heavy atom. The van der Waals surface area contributed by atoms with E-state index in [2.05, 4.69) is 25.5 Å². The van der Waals surface area contributed by atoms with E-state index in [4.69, 9.17) is 9.72 Å². The number of aromatic amines is 1. The summed E-state index contributed by atoms with van der Waals surface area (Å²) in [6.45, 7) is 2.06. The van der Waals surface area contributed by atoms with Crippen molar-refractivity contribution in [1.29, 1.82) is 0 Å². The lowest BCUT2D eigenvalue weighted by Crippen LogP contribution is -2.49. The van der Waals surface area contributed by atoms with E-state index < -0.39 is 5.82 Å². The zero-order valence-electron chi connectivity index (χ0n) is 17.9. The maximum atomic E-state index is 14.9. The summed E-state index contributed by atoms with van der Waals surface area (Å²) in [7, 11) is 1.73. The molecule has 0 bridgehead atoms. The minimum Gasteiger partial charge on any atom is -0.381 e. The fourth-order valence-corrected chi connectivity index (χ4v) is 4.55. The minimum atomic E-state index is -0.450. The van der Waals surface area contributed by atoms with Crippen molar-refractivity contribution in [3.8, 4) is 22.6 Å². The number of nitrogens with one attached hydrogen (secondary N) is 2. The molecule has 1 amide bonds. The topological polar surface area (TPSA) is 109 Å². The Morgan fingerprint density at radius 1 is 1.16 bits per heavy atom. The van der Waals surface area contributed by atoms with Crippen LogP contribution in [0.3, 0.4) is 0 Å². The fourth-order valence-electron chi connectivity index (χ4n) is 4.55. The molecule has 1 aromatic carbocycles. The van der Waals surface area contributed by atoms with Gasteiger partial charge in [0.1, 0.15) is 12.1 Å². The van der Waals surface area contributed by atoms with Crippen LogP contribution >= 0.6 is 0 Å². The highest BCUT2D eigenvalue weighted by Gasteiger charge is 2.35. The molecule has 1 fully saturated rings. The number of hydrogen-bond acceptors (Lipinski definition) is 7. The zero-order chi connectivity index (χ0) is 22.2. The van der Waals surface area contributed by atoms with Crippen LogP contribution in [0.4, 0.5) is 16.0 Å². The van der Waals surface area contributed by atoms with Crippen LogP contribution in [0.2, 0.25) is 0 Å². The number of carbonyl (C=O) groups excluding carboxylic acids is 1. The van der Waals surface area contributed by atoms with Crippen molar-refractivity contribution in [2.45, 2.75) is 44.8 Å². The number of ether oxygens (including phenoxy) is 1. The predicted molar refractivity (Wildman–Crippen MR) is 117 cm³/mol. The minimum absolute atomic E-state index is 0.0346. The van der Waals surface area contributed by atoms with E-state index in [1.165, 1.54) is 12.4 Å². The van der Waals surface area contributed by atoms with Gasteiger partial charge in [-0.15, -0.1) is 0 Å². The molecule has 1 aliphatic carbocycles. The number of methoxy groups -OCH3 is 1. The Morgan fingerprint density at radius 3 is 2.69 bits per heavy atom. The second-order valence-corrected chi connectivity index (χ2v) is 8.18. The van der Waals surface area contributed by atoms with Gasteiger partial charge in [-0.3, -0.25) is 14.8 Å². The second-order valence-electron chi connectivity index (χ2n) is 8.18. The monoisotopic (exact) mass is 437 g/mol. The number of carbonyl (C=O) groups is 1. The summed E-state index contributed by atoms with van der Waals surface area (Å²) in [6, 6.07) is 3.16. The molecule has 2 N–H and O–H groups in total. The number of halogens is 1. The first-order valence-corrected chi connectivity index (χ1v) is 10.7. The van der Waals surface area contributed by atoms with Gasteiger partial charge in [-0.1, -0.05) is 0 Å².